The fraction of sp³-hybridized carbons (Fsp3) is 0.500. The maximum absolute atomic E-state index is 11.6. The highest BCUT2D eigenvalue weighted by Crippen LogP contribution is 2.15. The summed E-state index contributed by atoms with van der Waals surface area (Å²) in [6.07, 6.45) is 0.743. The third-order valence-electron chi connectivity index (χ3n) is 2.12. The maximum atomic E-state index is 11.6. The first-order chi connectivity index (χ1) is 6.69. The smallest absolute Gasteiger partial charge is 0.261 e. The molecule has 78 valence electrons. The average molecular weight is 213 g/mol. The molecule has 0 spiro atoms. The number of carbonyl (C=O) groups is 1. The minimum atomic E-state index is -0.135. The number of carbonyl (C=O) groups excluding carboxylic acids is 1. The summed E-state index contributed by atoms with van der Waals surface area (Å²) in [4.78, 5) is 12.4. The molecular formula is C10H15NO2S. The van der Waals surface area contributed by atoms with Gasteiger partial charge in [0.05, 0.1) is 17.5 Å². The van der Waals surface area contributed by atoms with Gasteiger partial charge in [-0.3, -0.25) is 4.79 Å². The lowest BCUT2D eigenvalue weighted by molar-refractivity contribution is 0.0918. The molecule has 4 heteroatoms. The Hall–Kier alpha value is -0.870. The van der Waals surface area contributed by atoms with Gasteiger partial charge in [0.15, 0.2) is 0 Å². The van der Waals surface area contributed by atoms with Crippen molar-refractivity contribution in [2.45, 2.75) is 26.3 Å². The second-order valence-electron chi connectivity index (χ2n) is 3.19. The molecule has 0 aliphatic heterocycles. The van der Waals surface area contributed by atoms with Gasteiger partial charge < -0.3 is 10.4 Å². The van der Waals surface area contributed by atoms with Crippen molar-refractivity contribution in [3.8, 4) is 0 Å². The van der Waals surface area contributed by atoms with Gasteiger partial charge in [0.1, 0.15) is 0 Å². The molecule has 0 saturated carbocycles. The molecule has 1 heterocycles. The van der Waals surface area contributed by atoms with Crippen LogP contribution in [0.4, 0.5) is 0 Å². The van der Waals surface area contributed by atoms with Gasteiger partial charge in [-0.15, -0.1) is 11.3 Å². The van der Waals surface area contributed by atoms with Crippen LogP contribution in [0, 0.1) is 6.92 Å². The lowest BCUT2D eigenvalue weighted by Crippen LogP contribution is -2.36. The Labute approximate surface area is 87.8 Å². The van der Waals surface area contributed by atoms with E-state index in [2.05, 4.69) is 5.32 Å². The fourth-order valence-electron chi connectivity index (χ4n) is 1.13. The summed E-state index contributed by atoms with van der Waals surface area (Å²) in [6, 6.07) is 1.78. The Morgan fingerprint density at radius 2 is 2.43 bits per heavy atom. The number of aliphatic hydroxyl groups is 1. The SMILES string of the molecule is CC[C@@H](CO)NC(=O)c1sccc1C. The van der Waals surface area contributed by atoms with Gasteiger partial charge in [-0.2, -0.15) is 0 Å². The fourth-order valence-corrected chi connectivity index (χ4v) is 1.96. The first kappa shape index (κ1) is 11.2. The van der Waals surface area contributed by atoms with Crippen LogP contribution in [0.1, 0.15) is 28.6 Å². The zero-order chi connectivity index (χ0) is 10.6. The predicted octanol–water partition coefficient (Wildman–Crippen LogP) is 1.56. The van der Waals surface area contributed by atoms with Gasteiger partial charge >= 0.3 is 0 Å². The molecule has 0 aromatic carbocycles. The molecule has 1 rings (SSSR count). The van der Waals surface area contributed by atoms with Gasteiger partial charge in [0.2, 0.25) is 0 Å². The molecule has 2 N–H and O–H groups in total. The highest BCUT2D eigenvalue weighted by Gasteiger charge is 2.13. The van der Waals surface area contributed by atoms with Crippen LogP contribution in [-0.4, -0.2) is 23.7 Å². The molecule has 0 bridgehead atoms. The van der Waals surface area contributed by atoms with Crippen LogP contribution in [0.5, 0.6) is 0 Å². The predicted molar refractivity (Wildman–Crippen MR) is 57.7 cm³/mol. The molecule has 1 aromatic rings. The van der Waals surface area contributed by atoms with Crippen molar-refractivity contribution in [2.24, 2.45) is 0 Å². The largest absolute Gasteiger partial charge is 0.394 e. The topological polar surface area (TPSA) is 49.3 Å². The van der Waals surface area contributed by atoms with E-state index < -0.39 is 0 Å². The zero-order valence-corrected chi connectivity index (χ0v) is 9.23. The second kappa shape index (κ2) is 5.12. The standard InChI is InChI=1S/C10H15NO2S/c1-3-8(6-12)11-10(13)9-7(2)4-5-14-9/h4-5,8,12H,3,6H2,1-2H3,(H,11,13)/t8-/m0/s1. The van der Waals surface area contributed by atoms with Crippen molar-refractivity contribution in [3.05, 3.63) is 21.9 Å². The highest BCUT2D eigenvalue weighted by atomic mass is 32.1. The third-order valence-corrected chi connectivity index (χ3v) is 3.13. The summed E-state index contributed by atoms with van der Waals surface area (Å²) >= 11 is 1.43. The zero-order valence-electron chi connectivity index (χ0n) is 8.41. The van der Waals surface area contributed by atoms with Crippen molar-refractivity contribution in [1.82, 2.24) is 5.32 Å². The third kappa shape index (κ3) is 2.56. The van der Waals surface area contributed by atoms with Crippen LogP contribution in [0.3, 0.4) is 0 Å². The monoisotopic (exact) mass is 213 g/mol. The lowest BCUT2D eigenvalue weighted by Gasteiger charge is -2.13. The van der Waals surface area contributed by atoms with Crippen molar-refractivity contribution in [2.75, 3.05) is 6.61 Å². The van der Waals surface area contributed by atoms with Crippen LogP contribution >= 0.6 is 11.3 Å². The first-order valence-electron chi connectivity index (χ1n) is 4.64. The van der Waals surface area contributed by atoms with Gasteiger partial charge in [-0.25, -0.2) is 0 Å². The molecule has 1 atom stereocenters. The molecule has 0 fully saturated rings. The normalized spacial score (nSPS) is 12.5. The number of rotatable bonds is 4. The maximum Gasteiger partial charge on any atom is 0.261 e. The van der Waals surface area contributed by atoms with Crippen molar-refractivity contribution >= 4 is 17.2 Å². The van der Waals surface area contributed by atoms with Crippen LogP contribution in [0.15, 0.2) is 11.4 Å². The van der Waals surface area contributed by atoms with E-state index in [0.717, 1.165) is 16.9 Å². The second-order valence-corrected chi connectivity index (χ2v) is 4.11. The minimum absolute atomic E-state index is 0.00728. The van der Waals surface area contributed by atoms with Crippen LogP contribution in [-0.2, 0) is 0 Å². The molecule has 0 unspecified atom stereocenters. The van der Waals surface area contributed by atoms with Crippen LogP contribution in [0.2, 0.25) is 0 Å². The molecule has 14 heavy (non-hydrogen) atoms. The first-order valence-corrected chi connectivity index (χ1v) is 5.52. The van der Waals surface area contributed by atoms with E-state index in [0.29, 0.717) is 0 Å². The van der Waals surface area contributed by atoms with E-state index in [4.69, 9.17) is 5.11 Å². The molecular weight excluding hydrogens is 198 g/mol. The Morgan fingerprint density at radius 3 is 2.86 bits per heavy atom. The molecule has 0 aliphatic rings. The summed E-state index contributed by atoms with van der Waals surface area (Å²) in [7, 11) is 0. The number of aliphatic hydroxyl groups excluding tert-OH is 1. The minimum Gasteiger partial charge on any atom is -0.394 e. The molecule has 1 amide bonds. The molecule has 3 nitrogen and oxygen atoms in total. The lowest BCUT2D eigenvalue weighted by atomic mass is 10.2. The number of hydrogen-bond acceptors (Lipinski definition) is 3. The van der Waals surface area contributed by atoms with Crippen LogP contribution in [0.25, 0.3) is 0 Å². The Morgan fingerprint density at radius 1 is 1.71 bits per heavy atom. The number of thiophene rings is 1. The summed E-state index contributed by atoms with van der Waals surface area (Å²) in [5.41, 5.74) is 0.986. The van der Waals surface area contributed by atoms with Gasteiger partial charge in [-0.1, -0.05) is 6.92 Å². The average Bonchev–Trinajstić information content (AvgIpc) is 2.60. The number of aryl methyl sites for hydroxylation is 1. The molecule has 0 radical (unpaired) electrons. The molecule has 1 aromatic heterocycles. The van der Waals surface area contributed by atoms with Crippen molar-refractivity contribution in [1.29, 1.82) is 0 Å². The number of hydrogen-bond donors (Lipinski definition) is 2. The summed E-state index contributed by atoms with van der Waals surface area (Å²) in [5, 5.41) is 13.6. The number of amides is 1. The summed E-state index contributed by atoms with van der Waals surface area (Å²) in [6.45, 7) is 3.83. The van der Waals surface area contributed by atoms with Gasteiger partial charge in [0.25, 0.3) is 5.91 Å². The molecule has 0 saturated heterocycles. The quantitative estimate of drug-likeness (QED) is 0.797. The van der Waals surface area contributed by atoms with E-state index >= 15 is 0 Å². The number of nitrogens with one attached hydrogen (secondary N) is 1. The van der Waals surface area contributed by atoms with E-state index in [-0.39, 0.29) is 18.6 Å². The Bertz CT molecular complexity index is 305. The molecule has 0 aliphatic carbocycles. The van der Waals surface area contributed by atoms with E-state index in [1.807, 2.05) is 25.3 Å². The van der Waals surface area contributed by atoms with E-state index in [1.54, 1.807) is 0 Å². The highest BCUT2D eigenvalue weighted by molar-refractivity contribution is 7.12. The Kier molecular flexibility index (Phi) is 4.10. The van der Waals surface area contributed by atoms with Gasteiger partial charge in [-0.05, 0) is 30.4 Å². The Balaban J connectivity index is 2.63. The van der Waals surface area contributed by atoms with E-state index in [1.165, 1.54) is 11.3 Å². The van der Waals surface area contributed by atoms with Gasteiger partial charge in [0, 0.05) is 0 Å². The summed E-state index contributed by atoms with van der Waals surface area (Å²) in [5.74, 6) is -0.0848. The van der Waals surface area contributed by atoms with Crippen molar-refractivity contribution < 1.29 is 9.90 Å². The summed E-state index contributed by atoms with van der Waals surface area (Å²) < 4.78 is 0. The van der Waals surface area contributed by atoms with Crippen molar-refractivity contribution in [3.63, 3.8) is 0 Å². The van der Waals surface area contributed by atoms with Crippen LogP contribution < -0.4 is 5.32 Å². The van der Waals surface area contributed by atoms with E-state index in [9.17, 15) is 4.79 Å².